The van der Waals surface area contributed by atoms with Gasteiger partial charge in [-0.05, 0) is 30.3 Å². The first-order valence-corrected chi connectivity index (χ1v) is 6.49. The molecule has 3 N–H and O–H groups in total. The number of benzene rings is 1. The normalized spacial score (nSPS) is 10.0. The highest BCUT2D eigenvalue weighted by atomic mass is 16.5. The third-order valence-electron chi connectivity index (χ3n) is 2.77. The van der Waals surface area contributed by atoms with Crippen molar-refractivity contribution >= 4 is 17.4 Å². The fourth-order valence-corrected chi connectivity index (χ4v) is 1.72. The van der Waals surface area contributed by atoms with E-state index in [-0.39, 0.29) is 12.5 Å². The van der Waals surface area contributed by atoms with Gasteiger partial charge in [0.05, 0.1) is 25.6 Å². The van der Waals surface area contributed by atoms with Gasteiger partial charge < -0.3 is 20.5 Å². The Morgan fingerprint density at radius 3 is 2.86 bits per heavy atom. The van der Waals surface area contributed by atoms with Crippen LogP contribution in [-0.4, -0.2) is 36.3 Å². The van der Waals surface area contributed by atoms with Crippen molar-refractivity contribution in [2.45, 2.75) is 0 Å². The van der Waals surface area contributed by atoms with Crippen molar-refractivity contribution in [1.29, 1.82) is 0 Å². The van der Waals surface area contributed by atoms with E-state index in [1.807, 2.05) is 0 Å². The molecule has 0 unspecified atom stereocenters. The minimum atomic E-state index is -0.230. The molecule has 0 saturated heterocycles. The average molecular weight is 287 g/mol. The molecular weight excluding hydrogens is 270 g/mol. The fourth-order valence-electron chi connectivity index (χ4n) is 1.72. The highest BCUT2D eigenvalue weighted by molar-refractivity contribution is 6.04. The number of anilines is 2. The Morgan fingerprint density at radius 1 is 1.33 bits per heavy atom. The molecular formula is C15H17N3O3. The third kappa shape index (κ3) is 4.19. The lowest BCUT2D eigenvalue weighted by Crippen LogP contribution is -2.12. The van der Waals surface area contributed by atoms with Crippen molar-refractivity contribution in [3.8, 4) is 5.75 Å². The average Bonchev–Trinajstić information content (AvgIpc) is 2.54. The summed E-state index contributed by atoms with van der Waals surface area (Å²) >= 11 is 0. The Bertz CT molecular complexity index is 599. The van der Waals surface area contributed by atoms with Gasteiger partial charge in [0.15, 0.2) is 0 Å². The van der Waals surface area contributed by atoms with E-state index in [1.54, 1.807) is 49.7 Å². The Kier molecular flexibility index (Phi) is 5.11. The number of carbonyl (C=O) groups is 1. The lowest BCUT2D eigenvalue weighted by Gasteiger charge is -2.08. The van der Waals surface area contributed by atoms with Gasteiger partial charge in [0.2, 0.25) is 0 Å². The van der Waals surface area contributed by atoms with E-state index >= 15 is 0 Å². The smallest absolute Gasteiger partial charge is 0.255 e. The second-order valence-electron chi connectivity index (χ2n) is 4.27. The molecule has 0 saturated carbocycles. The van der Waals surface area contributed by atoms with Gasteiger partial charge in [-0.1, -0.05) is 6.07 Å². The van der Waals surface area contributed by atoms with E-state index in [1.165, 1.54) is 0 Å². The lowest BCUT2D eigenvalue weighted by atomic mass is 10.2. The zero-order valence-electron chi connectivity index (χ0n) is 11.7. The zero-order chi connectivity index (χ0) is 15.1. The summed E-state index contributed by atoms with van der Waals surface area (Å²) in [5.74, 6) is 1.04. The van der Waals surface area contributed by atoms with Crippen LogP contribution in [0.3, 0.4) is 0 Å². The number of methoxy groups -OCH3 is 1. The van der Waals surface area contributed by atoms with E-state index in [4.69, 9.17) is 9.84 Å². The molecule has 1 amide bonds. The molecule has 6 nitrogen and oxygen atoms in total. The molecule has 6 heteroatoms. The topological polar surface area (TPSA) is 83.5 Å². The van der Waals surface area contributed by atoms with E-state index in [0.717, 1.165) is 0 Å². The molecule has 1 heterocycles. The predicted molar refractivity (Wildman–Crippen MR) is 80.8 cm³/mol. The van der Waals surface area contributed by atoms with E-state index in [0.29, 0.717) is 29.4 Å². The maximum atomic E-state index is 12.1. The second-order valence-corrected chi connectivity index (χ2v) is 4.27. The molecule has 0 spiro atoms. The van der Waals surface area contributed by atoms with Gasteiger partial charge >= 0.3 is 0 Å². The summed E-state index contributed by atoms with van der Waals surface area (Å²) in [5.41, 5.74) is 1.11. The Labute approximate surface area is 122 Å². The summed E-state index contributed by atoms with van der Waals surface area (Å²) < 4.78 is 5.09. The predicted octanol–water partition coefficient (Wildman–Crippen LogP) is 1.75. The van der Waals surface area contributed by atoms with E-state index in [2.05, 4.69) is 15.6 Å². The minimum absolute atomic E-state index is 0.0377. The van der Waals surface area contributed by atoms with Gasteiger partial charge in [-0.25, -0.2) is 4.98 Å². The molecule has 0 bridgehead atoms. The summed E-state index contributed by atoms with van der Waals surface area (Å²) in [6, 6.07) is 10.4. The molecule has 2 rings (SSSR count). The van der Waals surface area contributed by atoms with Crippen LogP contribution in [0.1, 0.15) is 10.4 Å². The highest BCUT2D eigenvalue weighted by Crippen LogP contribution is 2.15. The van der Waals surface area contributed by atoms with Gasteiger partial charge in [0.1, 0.15) is 11.6 Å². The molecule has 1 aromatic carbocycles. The molecule has 0 fully saturated rings. The molecule has 0 aliphatic heterocycles. The number of nitrogens with zero attached hydrogens (tertiary/aromatic N) is 1. The Balaban J connectivity index is 2.01. The van der Waals surface area contributed by atoms with Crippen molar-refractivity contribution in [3.05, 3.63) is 48.2 Å². The molecule has 0 radical (unpaired) electrons. The van der Waals surface area contributed by atoms with Crippen LogP contribution in [0, 0.1) is 0 Å². The monoisotopic (exact) mass is 287 g/mol. The number of aliphatic hydroxyl groups excluding tert-OH is 1. The number of nitrogens with one attached hydrogen (secondary N) is 2. The summed E-state index contributed by atoms with van der Waals surface area (Å²) in [6.07, 6.45) is 1.55. The number of aromatic nitrogens is 1. The van der Waals surface area contributed by atoms with Crippen molar-refractivity contribution < 1.29 is 14.6 Å². The number of pyridine rings is 1. The molecule has 0 aliphatic rings. The van der Waals surface area contributed by atoms with Crippen LogP contribution in [0.5, 0.6) is 5.75 Å². The number of amides is 1. The Hall–Kier alpha value is -2.60. The molecule has 0 atom stereocenters. The van der Waals surface area contributed by atoms with E-state index in [9.17, 15) is 4.79 Å². The van der Waals surface area contributed by atoms with Crippen LogP contribution >= 0.6 is 0 Å². The zero-order valence-corrected chi connectivity index (χ0v) is 11.7. The van der Waals surface area contributed by atoms with Crippen molar-refractivity contribution in [1.82, 2.24) is 4.98 Å². The molecule has 1 aromatic heterocycles. The van der Waals surface area contributed by atoms with Crippen LogP contribution in [0.2, 0.25) is 0 Å². The first-order valence-electron chi connectivity index (χ1n) is 6.49. The van der Waals surface area contributed by atoms with Crippen molar-refractivity contribution in [2.75, 3.05) is 30.9 Å². The summed E-state index contributed by atoms with van der Waals surface area (Å²) in [5, 5.41) is 14.4. The quantitative estimate of drug-likeness (QED) is 0.754. The number of hydrogen-bond donors (Lipinski definition) is 3. The van der Waals surface area contributed by atoms with Gasteiger partial charge in [-0.15, -0.1) is 0 Å². The first kappa shape index (κ1) is 14.8. The van der Waals surface area contributed by atoms with E-state index < -0.39 is 0 Å². The van der Waals surface area contributed by atoms with Gasteiger partial charge in [0, 0.05) is 12.1 Å². The molecule has 0 aliphatic carbocycles. The van der Waals surface area contributed by atoms with Crippen molar-refractivity contribution in [3.63, 3.8) is 0 Å². The number of carbonyl (C=O) groups excluding carboxylic acids is 1. The third-order valence-corrected chi connectivity index (χ3v) is 2.77. The summed E-state index contributed by atoms with van der Waals surface area (Å²) in [7, 11) is 1.55. The maximum Gasteiger partial charge on any atom is 0.255 e. The maximum absolute atomic E-state index is 12.1. The van der Waals surface area contributed by atoms with Gasteiger partial charge in [0.25, 0.3) is 5.91 Å². The second kappa shape index (κ2) is 7.25. The first-order chi connectivity index (χ1) is 10.2. The standard InChI is InChI=1S/C15H17N3O3/c1-21-13-4-2-3-11(9-13)15(20)18-12-5-6-14(17-10-12)16-7-8-19/h2-6,9-10,19H,7-8H2,1H3,(H,16,17)(H,18,20). The van der Waals surface area contributed by atoms with Crippen LogP contribution in [0.15, 0.2) is 42.6 Å². The number of ether oxygens (including phenoxy) is 1. The molecule has 110 valence electrons. The van der Waals surface area contributed by atoms with Gasteiger partial charge in [-0.2, -0.15) is 0 Å². The van der Waals surface area contributed by atoms with Crippen LogP contribution in [0.4, 0.5) is 11.5 Å². The van der Waals surface area contributed by atoms with Crippen molar-refractivity contribution in [2.24, 2.45) is 0 Å². The Morgan fingerprint density at radius 2 is 2.19 bits per heavy atom. The molecule has 2 aromatic rings. The SMILES string of the molecule is COc1cccc(C(=O)Nc2ccc(NCCO)nc2)c1. The number of rotatable bonds is 6. The molecule has 21 heavy (non-hydrogen) atoms. The lowest BCUT2D eigenvalue weighted by molar-refractivity contribution is 0.102. The highest BCUT2D eigenvalue weighted by Gasteiger charge is 2.07. The summed E-state index contributed by atoms with van der Waals surface area (Å²) in [6.45, 7) is 0.471. The number of hydrogen-bond acceptors (Lipinski definition) is 5. The number of aliphatic hydroxyl groups is 1. The minimum Gasteiger partial charge on any atom is -0.497 e. The van der Waals surface area contributed by atoms with Crippen LogP contribution in [0.25, 0.3) is 0 Å². The van der Waals surface area contributed by atoms with Crippen LogP contribution in [-0.2, 0) is 0 Å². The fraction of sp³-hybridized carbons (Fsp3) is 0.200. The largest absolute Gasteiger partial charge is 0.497 e. The van der Waals surface area contributed by atoms with Gasteiger partial charge in [-0.3, -0.25) is 4.79 Å². The summed E-state index contributed by atoms with van der Waals surface area (Å²) in [4.78, 5) is 16.2. The van der Waals surface area contributed by atoms with Crippen LogP contribution < -0.4 is 15.4 Å².